The smallest absolute Gasteiger partial charge is 0.336 e. The molecular weight excluding hydrogens is 444 g/mol. The average Bonchev–Trinajstić information content (AvgIpc) is 3.53. The summed E-state index contributed by atoms with van der Waals surface area (Å²) in [5.41, 5.74) is 3.01. The molecular formula is C29H20O6. The van der Waals surface area contributed by atoms with Crippen LogP contribution in [0.4, 0.5) is 0 Å². The van der Waals surface area contributed by atoms with Crippen molar-refractivity contribution in [3.05, 3.63) is 119 Å². The highest BCUT2D eigenvalue weighted by Crippen LogP contribution is 2.48. The van der Waals surface area contributed by atoms with E-state index in [2.05, 4.69) is 0 Å². The first-order valence-electron chi connectivity index (χ1n) is 11.1. The molecule has 0 radical (unpaired) electrons. The Kier molecular flexibility index (Phi) is 4.92. The molecule has 0 spiro atoms. The normalized spacial score (nSPS) is 15.1. The molecule has 0 bridgehead atoms. The van der Waals surface area contributed by atoms with Crippen molar-refractivity contribution in [2.24, 2.45) is 0 Å². The van der Waals surface area contributed by atoms with E-state index in [4.69, 9.17) is 18.9 Å². The maximum Gasteiger partial charge on any atom is 0.336 e. The molecule has 2 heterocycles. The van der Waals surface area contributed by atoms with Gasteiger partial charge < -0.3 is 24.1 Å². The zero-order chi connectivity index (χ0) is 23.8. The number of fused-ring (bicyclic) bond motifs is 2. The first kappa shape index (κ1) is 20.9. The van der Waals surface area contributed by atoms with Crippen molar-refractivity contribution in [1.29, 1.82) is 0 Å². The Hall–Kier alpha value is -4.71. The fourth-order valence-electron chi connectivity index (χ4n) is 4.33. The fourth-order valence-corrected chi connectivity index (χ4v) is 4.33. The van der Waals surface area contributed by atoms with Crippen LogP contribution in [0, 0.1) is 0 Å². The SMILES string of the molecule is O=C(O)/C(=C/c1ccc2c(c1)OC(c1ccccc1)(c1ccccc1)O2)c1ccc2c(c1)OCO2. The molecule has 0 saturated carbocycles. The van der Waals surface area contributed by atoms with Gasteiger partial charge in [0, 0.05) is 11.1 Å². The second-order valence-corrected chi connectivity index (χ2v) is 8.19. The Morgan fingerprint density at radius 1 is 0.714 bits per heavy atom. The number of hydrogen-bond donors (Lipinski definition) is 1. The van der Waals surface area contributed by atoms with Gasteiger partial charge in [-0.25, -0.2) is 4.79 Å². The summed E-state index contributed by atoms with van der Waals surface area (Å²) >= 11 is 0. The van der Waals surface area contributed by atoms with Crippen LogP contribution in [-0.2, 0) is 10.6 Å². The van der Waals surface area contributed by atoms with E-state index in [1.165, 1.54) is 0 Å². The second kappa shape index (κ2) is 8.25. The Bertz CT molecular complexity index is 1400. The summed E-state index contributed by atoms with van der Waals surface area (Å²) in [5, 5.41) is 9.91. The predicted octanol–water partition coefficient (Wildman–Crippen LogP) is 5.71. The number of aliphatic carboxylic acids is 1. The van der Waals surface area contributed by atoms with Gasteiger partial charge in [0.25, 0.3) is 0 Å². The lowest BCUT2D eigenvalue weighted by atomic mass is 9.97. The van der Waals surface area contributed by atoms with Gasteiger partial charge in [0.15, 0.2) is 23.0 Å². The van der Waals surface area contributed by atoms with Gasteiger partial charge in [-0.2, -0.15) is 0 Å². The highest BCUT2D eigenvalue weighted by atomic mass is 16.7. The molecule has 0 aromatic heterocycles. The third kappa shape index (κ3) is 3.65. The molecule has 4 aromatic carbocycles. The summed E-state index contributed by atoms with van der Waals surface area (Å²) in [4.78, 5) is 12.1. The Balaban J connectivity index is 1.39. The average molecular weight is 464 g/mol. The molecule has 172 valence electrons. The second-order valence-electron chi connectivity index (χ2n) is 8.19. The lowest BCUT2D eigenvalue weighted by Gasteiger charge is -2.28. The largest absolute Gasteiger partial charge is 0.478 e. The van der Waals surface area contributed by atoms with Crippen molar-refractivity contribution in [2.45, 2.75) is 5.79 Å². The van der Waals surface area contributed by atoms with E-state index in [0.717, 1.165) is 11.1 Å². The first-order valence-corrected chi connectivity index (χ1v) is 11.1. The third-order valence-electron chi connectivity index (χ3n) is 6.01. The molecule has 1 N–H and O–H groups in total. The maximum absolute atomic E-state index is 12.1. The monoisotopic (exact) mass is 464 g/mol. The lowest BCUT2D eigenvalue weighted by molar-refractivity contribution is -0.130. The summed E-state index contributed by atoms with van der Waals surface area (Å²) in [5.74, 6) is 0.0388. The zero-order valence-corrected chi connectivity index (χ0v) is 18.5. The number of hydrogen-bond acceptors (Lipinski definition) is 5. The molecule has 6 nitrogen and oxygen atoms in total. The van der Waals surface area contributed by atoms with Crippen molar-refractivity contribution < 1.29 is 28.8 Å². The van der Waals surface area contributed by atoms with Gasteiger partial charge in [-0.05, 0) is 41.5 Å². The van der Waals surface area contributed by atoms with Crippen molar-refractivity contribution >= 4 is 17.6 Å². The molecule has 0 amide bonds. The minimum Gasteiger partial charge on any atom is -0.478 e. The first-order chi connectivity index (χ1) is 17.1. The minimum atomic E-state index is -1.14. The molecule has 4 aromatic rings. The van der Waals surface area contributed by atoms with E-state index in [9.17, 15) is 9.90 Å². The van der Waals surface area contributed by atoms with Crippen molar-refractivity contribution in [1.82, 2.24) is 0 Å². The number of rotatable bonds is 5. The molecule has 0 atom stereocenters. The van der Waals surface area contributed by atoms with Gasteiger partial charge >= 0.3 is 11.8 Å². The van der Waals surface area contributed by atoms with Crippen LogP contribution < -0.4 is 18.9 Å². The molecule has 0 saturated heterocycles. The van der Waals surface area contributed by atoms with Crippen LogP contribution in [-0.4, -0.2) is 17.9 Å². The van der Waals surface area contributed by atoms with E-state index in [0.29, 0.717) is 34.1 Å². The molecule has 35 heavy (non-hydrogen) atoms. The van der Waals surface area contributed by atoms with Crippen molar-refractivity contribution in [3.8, 4) is 23.0 Å². The molecule has 0 aliphatic carbocycles. The minimum absolute atomic E-state index is 0.123. The molecule has 0 unspecified atom stereocenters. The number of benzene rings is 4. The molecule has 6 rings (SSSR count). The molecule has 6 heteroatoms. The van der Waals surface area contributed by atoms with Crippen LogP contribution in [0.5, 0.6) is 23.0 Å². The Labute approximate surface area is 201 Å². The third-order valence-corrected chi connectivity index (χ3v) is 6.01. The number of carboxylic acid groups (broad SMARTS) is 1. The summed E-state index contributed by atoms with van der Waals surface area (Å²) in [6.45, 7) is 0.123. The van der Waals surface area contributed by atoms with Gasteiger partial charge in [0.1, 0.15) is 0 Å². The van der Waals surface area contributed by atoms with E-state index in [1.54, 1.807) is 36.4 Å². The molecule has 2 aliphatic heterocycles. The number of carbonyl (C=O) groups is 1. The van der Waals surface area contributed by atoms with Crippen LogP contribution in [0.25, 0.3) is 11.6 Å². The van der Waals surface area contributed by atoms with Crippen LogP contribution >= 0.6 is 0 Å². The van der Waals surface area contributed by atoms with Crippen molar-refractivity contribution in [3.63, 3.8) is 0 Å². The summed E-state index contributed by atoms with van der Waals surface area (Å²) in [6.07, 6.45) is 1.61. The number of ether oxygens (including phenoxy) is 4. The topological polar surface area (TPSA) is 74.2 Å². The van der Waals surface area contributed by atoms with Gasteiger partial charge in [-0.1, -0.05) is 72.8 Å². The van der Waals surface area contributed by atoms with Gasteiger partial charge in [-0.3, -0.25) is 0 Å². The van der Waals surface area contributed by atoms with Crippen LogP contribution in [0.3, 0.4) is 0 Å². The highest BCUT2D eigenvalue weighted by molar-refractivity contribution is 6.20. The van der Waals surface area contributed by atoms with Gasteiger partial charge in [0.2, 0.25) is 6.79 Å². The number of carboxylic acids is 1. The van der Waals surface area contributed by atoms with Gasteiger partial charge in [-0.15, -0.1) is 0 Å². The highest BCUT2D eigenvalue weighted by Gasteiger charge is 2.45. The van der Waals surface area contributed by atoms with Crippen LogP contribution in [0.2, 0.25) is 0 Å². The summed E-state index contributed by atoms with van der Waals surface area (Å²) in [7, 11) is 0. The predicted molar refractivity (Wildman–Crippen MR) is 129 cm³/mol. The van der Waals surface area contributed by atoms with Gasteiger partial charge in [0.05, 0.1) is 5.57 Å². The fraction of sp³-hybridized carbons (Fsp3) is 0.0690. The quantitative estimate of drug-likeness (QED) is 0.301. The molecule has 2 aliphatic rings. The standard InChI is InChI=1S/C29H20O6/c30-28(31)23(20-12-14-24-26(17-20)33-18-32-24)15-19-11-13-25-27(16-19)35-29(34-25,21-7-3-1-4-8-21)22-9-5-2-6-10-22/h1-17H,18H2,(H,30,31)/b23-15+. The van der Waals surface area contributed by atoms with Crippen LogP contribution in [0.15, 0.2) is 97.1 Å². The van der Waals surface area contributed by atoms with E-state index in [-0.39, 0.29) is 12.4 Å². The maximum atomic E-state index is 12.1. The lowest BCUT2D eigenvalue weighted by Crippen LogP contribution is -2.36. The van der Waals surface area contributed by atoms with Crippen molar-refractivity contribution in [2.75, 3.05) is 6.79 Å². The Morgan fingerprint density at radius 3 is 2.03 bits per heavy atom. The summed E-state index contributed by atoms with van der Waals surface area (Å²) < 4.78 is 23.6. The van der Waals surface area contributed by atoms with E-state index < -0.39 is 11.8 Å². The summed E-state index contributed by atoms with van der Waals surface area (Å²) in [6, 6.07) is 30.0. The van der Waals surface area contributed by atoms with Crippen LogP contribution in [0.1, 0.15) is 22.3 Å². The zero-order valence-electron chi connectivity index (χ0n) is 18.5. The molecule has 0 fully saturated rings. The Morgan fingerprint density at radius 2 is 1.34 bits per heavy atom. The van der Waals surface area contributed by atoms with E-state index in [1.807, 2.05) is 66.7 Å². The van der Waals surface area contributed by atoms with E-state index >= 15 is 0 Å².